The molecule has 0 radical (unpaired) electrons. The molecule has 4 aliphatic rings. The van der Waals surface area contributed by atoms with Crippen molar-refractivity contribution in [1.82, 2.24) is 9.97 Å². The number of ether oxygens (including phenoxy) is 2. The number of hydrogen-bond donors (Lipinski definition) is 5. The van der Waals surface area contributed by atoms with E-state index in [0.29, 0.717) is 66.2 Å². The molecule has 12 heteroatoms. The summed E-state index contributed by atoms with van der Waals surface area (Å²) in [6.07, 6.45) is 7.98. The summed E-state index contributed by atoms with van der Waals surface area (Å²) in [7, 11) is 0. The summed E-state index contributed by atoms with van der Waals surface area (Å²) in [5, 5.41) is 33.3. The van der Waals surface area contributed by atoms with Gasteiger partial charge in [0.1, 0.15) is 63.9 Å². The van der Waals surface area contributed by atoms with Crippen molar-refractivity contribution >= 4 is 28.6 Å². The molecule has 9 rings (SSSR count). The zero-order chi connectivity index (χ0) is 39.9. The number of anilines is 2. The van der Waals surface area contributed by atoms with Crippen LogP contribution in [0.2, 0.25) is 0 Å². The lowest BCUT2D eigenvalue weighted by Gasteiger charge is -2.51. The number of pyridine rings is 2. The number of phenols is 2. The Kier molecular flexibility index (Phi) is 8.80. The molecule has 2 aliphatic heterocycles. The number of benzene rings is 2. The fourth-order valence-electron chi connectivity index (χ4n) is 10.4. The Morgan fingerprint density at radius 3 is 2.60 bits per heavy atom. The standard InChI is InChI=1S/C45H46N4O8/c1-4-21(2)44(54)56-35-18-32-40(53)39-34(52)17-27(20-50)55-42(39)38-31-14-24-13-26(51)8-5-22(24)6-10-29(37-30(31)11-12-48-43(37)47)28-9-7-23-16-36(46)49-19-25(23)15-33(28)45(35,3)57-41(32)38/h4-5,8,11-13,16-17,19,28-29,31,33,35,50-51,53H,6-7,9-10,14-15,18,20H2,1-3H3,(H2,46,49)(H2,47,48). The second-order valence-corrected chi connectivity index (χ2v) is 16.3. The van der Waals surface area contributed by atoms with E-state index in [9.17, 15) is 24.9 Å². The molecule has 294 valence electrons. The summed E-state index contributed by atoms with van der Waals surface area (Å²) < 4.78 is 20.4. The van der Waals surface area contributed by atoms with Crippen molar-refractivity contribution in [3.63, 3.8) is 0 Å². The Balaban J connectivity index is 1.44. The van der Waals surface area contributed by atoms with Gasteiger partial charge in [0.05, 0.1) is 0 Å². The summed E-state index contributed by atoms with van der Waals surface area (Å²) >= 11 is 0. The van der Waals surface area contributed by atoms with E-state index >= 15 is 0 Å². The topological polar surface area (TPSA) is 204 Å². The van der Waals surface area contributed by atoms with Crippen LogP contribution in [0.15, 0.2) is 69.7 Å². The van der Waals surface area contributed by atoms with Crippen molar-refractivity contribution < 1.29 is 34.0 Å². The third-order valence-corrected chi connectivity index (χ3v) is 13.3. The van der Waals surface area contributed by atoms with Crippen molar-refractivity contribution in [2.24, 2.45) is 11.8 Å². The Labute approximate surface area is 329 Å². The van der Waals surface area contributed by atoms with Gasteiger partial charge in [-0.3, -0.25) is 4.79 Å². The fraction of sp³-hybridized carbons (Fsp3) is 0.378. The van der Waals surface area contributed by atoms with E-state index < -0.39 is 35.6 Å². The van der Waals surface area contributed by atoms with Gasteiger partial charge >= 0.3 is 5.97 Å². The summed E-state index contributed by atoms with van der Waals surface area (Å²) in [6, 6.07) is 10.5. The van der Waals surface area contributed by atoms with E-state index in [1.54, 1.807) is 38.3 Å². The predicted octanol–water partition coefficient (Wildman–Crippen LogP) is 6.06. The highest BCUT2D eigenvalue weighted by atomic mass is 16.6. The normalized spacial score (nSPS) is 25.0. The van der Waals surface area contributed by atoms with Gasteiger partial charge in [-0.1, -0.05) is 12.1 Å². The molecular formula is C45H46N4O8. The first-order valence-electron chi connectivity index (χ1n) is 19.7. The van der Waals surface area contributed by atoms with E-state index in [1.165, 1.54) is 6.07 Å². The van der Waals surface area contributed by atoms with Gasteiger partial charge in [-0.05, 0) is 123 Å². The second kappa shape index (κ2) is 13.7. The number of aromatic nitrogens is 2. The van der Waals surface area contributed by atoms with E-state index in [-0.39, 0.29) is 52.4 Å². The minimum Gasteiger partial charge on any atom is -0.508 e. The molecule has 7 N–H and O–H groups in total. The van der Waals surface area contributed by atoms with Crippen LogP contribution in [0.3, 0.4) is 0 Å². The van der Waals surface area contributed by atoms with E-state index in [4.69, 9.17) is 30.3 Å². The number of aryl methyl sites for hydroxylation is 2. The summed E-state index contributed by atoms with van der Waals surface area (Å²) in [5.41, 5.74) is 18.7. The van der Waals surface area contributed by atoms with E-state index in [0.717, 1.165) is 39.8 Å². The first-order chi connectivity index (χ1) is 27.4. The number of aromatic hydroxyl groups is 2. The molecular weight excluding hydrogens is 725 g/mol. The Bertz CT molecular complexity index is 2580. The van der Waals surface area contributed by atoms with Gasteiger partial charge < -0.3 is 40.7 Å². The van der Waals surface area contributed by atoms with Gasteiger partial charge in [0.15, 0.2) is 5.43 Å². The molecule has 5 heterocycles. The largest absolute Gasteiger partial charge is 0.508 e. The molecule has 6 unspecified atom stereocenters. The van der Waals surface area contributed by atoms with Gasteiger partial charge in [-0.2, -0.15) is 0 Å². The summed E-state index contributed by atoms with van der Waals surface area (Å²) in [6.45, 7) is 4.91. The van der Waals surface area contributed by atoms with Crippen LogP contribution in [-0.4, -0.2) is 43.0 Å². The second-order valence-electron chi connectivity index (χ2n) is 16.3. The number of carbonyl (C=O) groups excluding carboxylic acids is 1. The highest BCUT2D eigenvalue weighted by Crippen LogP contribution is 2.58. The van der Waals surface area contributed by atoms with Crippen molar-refractivity contribution in [3.05, 3.63) is 121 Å². The minimum absolute atomic E-state index is 0.0214. The molecule has 3 aromatic heterocycles. The Morgan fingerprint density at radius 2 is 1.81 bits per heavy atom. The first kappa shape index (κ1) is 36.7. The number of esters is 1. The highest BCUT2D eigenvalue weighted by Gasteiger charge is 2.56. The van der Waals surface area contributed by atoms with E-state index in [2.05, 4.69) is 4.98 Å². The van der Waals surface area contributed by atoms with E-state index in [1.807, 2.05) is 31.3 Å². The van der Waals surface area contributed by atoms with Crippen LogP contribution < -0.4 is 21.6 Å². The molecule has 57 heavy (non-hydrogen) atoms. The molecule has 2 aliphatic carbocycles. The number of allylic oxidation sites excluding steroid dienone is 1. The number of nitrogens with two attached hydrogens (primary N) is 2. The number of hydrogen-bond acceptors (Lipinski definition) is 12. The average Bonchev–Trinajstić information content (AvgIpc) is 3.34. The maximum Gasteiger partial charge on any atom is 0.333 e. The molecule has 2 aromatic carbocycles. The number of nitrogens with zero attached hydrogens (tertiary/aromatic N) is 2. The molecule has 0 saturated carbocycles. The third-order valence-electron chi connectivity index (χ3n) is 13.3. The van der Waals surface area contributed by atoms with Gasteiger partial charge in [0, 0.05) is 59.0 Å². The number of carbonyl (C=O) groups is 1. The van der Waals surface area contributed by atoms with Crippen LogP contribution >= 0.6 is 0 Å². The first-order valence-corrected chi connectivity index (χ1v) is 19.7. The zero-order valence-electron chi connectivity index (χ0n) is 32.2. The van der Waals surface area contributed by atoms with Gasteiger partial charge in [0.2, 0.25) is 0 Å². The number of nitrogen functional groups attached to an aromatic ring is 2. The van der Waals surface area contributed by atoms with Crippen LogP contribution in [0.1, 0.15) is 95.7 Å². The van der Waals surface area contributed by atoms with Crippen LogP contribution in [0.5, 0.6) is 17.2 Å². The van der Waals surface area contributed by atoms with Crippen LogP contribution in [0, 0.1) is 11.8 Å². The summed E-state index contributed by atoms with van der Waals surface area (Å²) in [4.78, 5) is 37.0. The maximum atomic E-state index is 14.0. The van der Waals surface area contributed by atoms with Gasteiger partial charge in [-0.25, -0.2) is 14.8 Å². The van der Waals surface area contributed by atoms with Crippen molar-refractivity contribution in [3.8, 4) is 17.2 Å². The van der Waals surface area contributed by atoms with Gasteiger partial charge in [-0.15, -0.1) is 0 Å². The zero-order valence-corrected chi connectivity index (χ0v) is 32.2. The number of aliphatic hydroxyl groups is 1. The van der Waals surface area contributed by atoms with Crippen LogP contribution in [0.25, 0.3) is 11.0 Å². The lowest BCUT2D eigenvalue weighted by atomic mass is 9.63. The van der Waals surface area contributed by atoms with Crippen LogP contribution in [0.4, 0.5) is 11.6 Å². The third kappa shape index (κ3) is 5.83. The van der Waals surface area contributed by atoms with Gasteiger partial charge in [0.25, 0.3) is 0 Å². The Hall–Kier alpha value is -5.88. The predicted molar refractivity (Wildman–Crippen MR) is 213 cm³/mol. The van der Waals surface area contributed by atoms with Crippen molar-refractivity contribution in [2.75, 3.05) is 11.5 Å². The molecule has 6 atom stereocenters. The van der Waals surface area contributed by atoms with Crippen LogP contribution in [-0.2, 0) is 48.2 Å². The fourth-order valence-corrected chi connectivity index (χ4v) is 10.4. The maximum absolute atomic E-state index is 14.0. The Morgan fingerprint density at radius 1 is 1.00 bits per heavy atom. The monoisotopic (exact) mass is 770 g/mol. The lowest BCUT2D eigenvalue weighted by Crippen LogP contribution is -2.59. The van der Waals surface area contributed by atoms with Crippen molar-refractivity contribution in [1.29, 1.82) is 0 Å². The lowest BCUT2D eigenvalue weighted by molar-refractivity contribution is -0.168. The number of phenolic OH excluding ortho intramolecular Hbond substituents is 2. The molecule has 0 fully saturated rings. The molecule has 0 amide bonds. The quantitative estimate of drug-likeness (QED) is 0.105. The average molecular weight is 771 g/mol. The number of fused-ring (bicyclic) bond motifs is 9. The number of rotatable bonds is 3. The molecule has 0 saturated heterocycles. The summed E-state index contributed by atoms with van der Waals surface area (Å²) in [5.74, 6) is -0.770. The number of aliphatic hydroxyl groups excluding tert-OH is 1. The highest BCUT2D eigenvalue weighted by molar-refractivity contribution is 5.92. The molecule has 4 bridgehead atoms. The molecule has 0 spiro atoms. The molecule has 5 aromatic rings. The minimum atomic E-state index is -1.22. The van der Waals surface area contributed by atoms with Crippen molar-refractivity contribution in [2.45, 2.75) is 95.9 Å². The molecule has 12 nitrogen and oxygen atoms in total. The smallest absolute Gasteiger partial charge is 0.333 e. The SMILES string of the molecule is CC=C(C)C(=O)OC1Cc2c3c(c4oc(CO)cc(=O)c4c2O)C2Cc4cc(O)ccc4CCC(c4c2ccnc4N)C2CCc4cc(N)ncc4CC2C1(C)O3.